The van der Waals surface area contributed by atoms with E-state index in [1.807, 2.05) is 42.5 Å². The predicted octanol–water partition coefficient (Wildman–Crippen LogP) is 12.5. The van der Waals surface area contributed by atoms with E-state index in [9.17, 15) is 0 Å². The second kappa shape index (κ2) is 12.4. The molecular formula is C51H35N5. The van der Waals surface area contributed by atoms with Gasteiger partial charge in [0.15, 0.2) is 17.5 Å². The topological polar surface area (TPSA) is 56.5 Å². The molecule has 0 aliphatic heterocycles. The third kappa shape index (κ3) is 5.01. The molecule has 0 amide bonds. The van der Waals surface area contributed by atoms with E-state index in [-0.39, 0.29) is 5.41 Å². The van der Waals surface area contributed by atoms with Crippen molar-refractivity contribution in [1.82, 2.24) is 24.5 Å². The quantitative estimate of drug-likeness (QED) is 0.178. The molecule has 0 N–H and O–H groups in total. The summed E-state index contributed by atoms with van der Waals surface area (Å²) in [6.07, 6.45) is 3.57. The van der Waals surface area contributed by atoms with E-state index in [0.29, 0.717) is 17.5 Å². The van der Waals surface area contributed by atoms with Gasteiger partial charge < -0.3 is 4.57 Å². The van der Waals surface area contributed by atoms with Gasteiger partial charge in [0.2, 0.25) is 0 Å². The SMILES string of the molecule is CC1(C)c2ccccc2-c2cc3c4ccccc4n(-c4cc(-c5nc(-c6ccccc6)nc(-c6cccnc6)n5)ccc4-c4ccc5ccccc5c4)c3cc21. The molecule has 0 saturated heterocycles. The maximum Gasteiger partial charge on any atom is 0.165 e. The highest BCUT2D eigenvalue weighted by atomic mass is 15.0. The number of nitrogens with zero attached hydrogens (tertiary/aromatic N) is 5. The van der Waals surface area contributed by atoms with E-state index >= 15 is 0 Å². The van der Waals surface area contributed by atoms with Gasteiger partial charge in [0.05, 0.1) is 16.7 Å². The van der Waals surface area contributed by atoms with Crippen molar-refractivity contribution in [3.05, 3.63) is 187 Å². The molecule has 0 bridgehead atoms. The lowest BCUT2D eigenvalue weighted by Crippen LogP contribution is -2.15. The molecule has 3 heterocycles. The van der Waals surface area contributed by atoms with Crippen LogP contribution in [0.2, 0.25) is 0 Å². The lowest BCUT2D eigenvalue weighted by molar-refractivity contribution is 0.661. The maximum absolute atomic E-state index is 5.13. The van der Waals surface area contributed by atoms with Gasteiger partial charge in [-0.1, -0.05) is 135 Å². The Morgan fingerprint density at radius 3 is 1.96 bits per heavy atom. The minimum Gasteiger partial charge on any atom is -0.309 e. The van der Waals surface area contributed by atoms with Crippen molar-refractivity contribution >= 4 is 32.6 Å². The smallest absolute Gasteiger partial charge is 0.165 e. The van der Waals surface area contributed by atoms with Crippen molar-refractivity contribution in [2.75, 3.05) is 0 Å². The molecule has 0 unspecified atom stereocenters. The van der Waals surface area contributed by atoms with Crippen LogP contribution in [-0.4, -0.2) is 24.5 Å². The van der Waals surface area contributed by atoms with E-state index in [2.05, 4.69) is 145 Å². The average Bonchev–Trinajstić information content (AvgIpc) is 3.70. The average molecular weight is 718 g/mol. The van der Waals surface area contributed by atoms with Crippen molar-refractivity contribution in [2.45, 2.75) is 19.3 Å². The van der Waals surface area contributed by atoms with Gasteiger partial charge in [-0.15, -0.1) is 0 Å². The normalized spacial score (nSPS) is 13.0. The summed E-state index contributed by atoms with van der Waals surface area (Å²) in [4.78, 5) is 19.6. The first kappa shape index (κ1) is 32.2. The zero-order valence-corrected chi connectivity index (χ0v) is 31.0. The molecule has 0 atom stereocenters. The molecule has 1 aliphatic carbocycles. The van der Waals surface area contributed by atoms with Crippen molar-refractivity contribution in [3.63, 3.8) is 0 Å². The Morgan fingerprint density at radius 1 is 0.429 bits per heavy atom. The molecule has 10 aromatic rings. The summed E-state index contributed by atoms with van der Waals surface area (Å²) in [7, 11) is 0. The number of aromatic nitrogens is 5. The van der Waals surface area contributed by atoms with Crippen LogP contribution in [0.3, 0.4) is 0 Å². The molecule has 11 rings (SSSR count). The van der Waals surface area contributed by atoms with Crippen LogP contribution in [0.25, 0.3) is 94.7 Å². The summed E-state index contributed by atoms with van der Waals surface area (Å²) < 4.78 is 2.46. The van der Waals surface area contributed by atoms with Crippen molar-refractivity contribution in [1.29, 1.82) is 0 Å². The summed E-state index contributed by atoms with van der Waals surface area (Å²) in [5.74, 6) is 1.79. The zero-order valence-electron chi connectivity index (χ0n) is 31.0. The van der Waals surface area contributed by atoms with Gasteiger partial charge in [-0.3, -0.25) is 4.98 Å². The van der Waals surface area contributed by atoms with E-state index in [4.69, 9.17) is 15.0 Å². The van der Waals surface area contributed by atoms with Crippen LogP contribution >= 0.6 is 0 Å². The molecule has 56 heavy (non-hydrogen) atoms. The van der Waals surface area contributed by atoms with Gasteiger partial charge in [-0.25, -0.2) is 15.0 Å². The standard InChI is InChI=1S/C51H35N5/c1-51(2)43-20-10-8-18-39(43)41-29-42-40-19-9-11-21-45(40)56(47(42)30-44(41)51)46-28-36(24-25-38(46)35-23-22-32-13-6-7-16-34(32)27-35)49-53-48(33-14-4-3-5-15-33)54-50(55-49)37-17-12-26-52-31-37/h3-31H,1-2H3. The number of hydrogen-bond donors (Lipinski definition) is 0. The molecule has 0 fully saturated rings. The number of para-hydroxylation sites is 1. The van der Waals surface area contributed by atoms with Crippen LogP contribution < -0.4 is 0 Å². The third-order valence-electron chi connectivity index (χ3n) is 11.5. The van der Waals surface area contributed by atoms with Crippen molar-refractivity contribution in [3.8, 4) is 62.1 Å². The van der Waals surface area contributed by atoms with E-state index in [1.165, 1.54) is 49.3 Å². The first-order valence-corrected chi connectivity index (χ1v) is 19.0. The molecule has 5 nitrogen and oxygen atoms in total. The molecule has 264 valence electrons. The van der Waals surface area contributed by atoms with Crippen LogP contribution in [0.15, 0.2) is 176 Å². The second-order valence-corrected chi connectivity index (χ2v) is 15.1. The Labute approximate surface area is 324 Å². The molecule has 1 aliphatic rings. The summed E-state index contributed by atoms with van der Waals surface area (Å²) in [6.45, 7) is 4.70. The minimum absolute atomic E-state index is 0.147. The monoisotopic (exact) mass is 717 g/mol. The van der Waals surface area contributed by atoms with Gasteiger partial charge >= 0.3 is 0 Å². The Morgan fingerprint density at radius 2 is 1.12 bits per heavy atom. The van der Waals surface area contributed by atoms with Gasteiger partial charge in [0, 0.05) is 50.8 Å². The number of rotatable bonds is 5. The third-order valence-corrected chi connectivity index (χ3v) is 11.5. The lowest BCUT2D eigenvalue weighted by atomic mass is 9.82. The first-order valence-electron chi connectivity index (χ1n) is 19.0. The highest BCUT2D eigenvalue weighted by Crippen LogP contribution is 2.51. The Bertz CT molecular complexity index is 3100. The summed E-state index contributed by atoms with van der Waals surface area (Å²) in [5, 5.41) is 4.86. The Balaban J connectivity index is 1.21. The van der Waals surface area contributed by atoms with Gasteiger partial charge in [0.1, 0.15) is 0 Å². The highest BCUT2D eigenvalue weighted by Gasteiger charge is 2.36. The zero-order chi connectivity index (χ0) is 37.4. The van der Waals surface area contributed by atoms with Crippen molar-refractivity contribution in [2.24, 2.45) is 0 Å². The van der Waals surface area contributed by atoms with Crippen LogP contribution in [0, 0.1) is 0 Å². The van der Waals surface area contributed by atoms with Crippen LogP contribution in [0.4, 0.5) is 0 Å². The second-order valence-electron chi connectivity index (χ2n) is 15.1. The number of hydrogen-bond acceptors (Lipinski definition) is 4. The van der Waals surface area contributed by atoms with E-state index < -0.39 is 0 Å². The Hall–Kier alpha value is -7.24. The predicted molar refractivity (Wildman–Crippen MR) is 229 cm³/mol. The fourth-order valence-electron chi connectivity index (χ4n) is 8.72. The van der Waals surface area contributed by atoms with Gasteiger partial charge in [-0.05, 0) is 81.1 Å². The highest BCUT2D eigenvalue weighted by molar-refractivity contribution is 6.12. The van der Waals surface area contributed by atoms with Crippen molar-refractivity contribution < 1.29 is 0 Å². The molecule has 0 radical (unpaired) electrons. The van der Waals surface area contributed by atoms with Gasteiger partial charge in [0.25, 0.3) is 0 Å². The molecule has 0 spiro atoms. The number of fused-ring (bicyclic) bond motifs is 7. The fourth-order valence-corrected chi connectivity index (χ4v) is 8.72. The summed E-state index contributed by atoms with van der Waals surface area (Å²) >= 11 is 0. The first-order chi connectivity index (χ1) is 27.5. The molecule has 7 aromatic carbocycles. The minimum atomic E-state index is -0.147. The molecular weight excluding hydrogens is 683 g/mol. The Kier molecular flexibility index (Phi) is 7.13. The maximum atomic E-state index is 5.13. The molecule has 0 saturated carbocycles. The molecule has 3 aromatic heterocycles. The van der Waals surface area contributed by atoms with E-state index in [1.54, 1.807) is 12.4 Å². The summed E-state index contributed by atoms with van der Waals surface area (Å²) in [5.41, 5.74) is 13.5. The fraction of sp³-hybridized carbons (Fsp3) is 0.0588. The van der Waals surface area contributed by atoms with Crippen LogP contribution in [-0.2, 0) is 5.41 Å². The van der Waals surface area contributed by atoms with Crippen LogP contribution in [0.1, 0.15) is 25.0 Å². The van der Waals surface area contributed by atoms with Gasteiger partial charge in [-0.2, -0.15) is 0 Å². The molecule has 5 heteroatoms. The van der Waals surface area contributed by atoms with Crippen LogP contribution in [0.5, 0.6) is 0 Å². The van der Waals surface area contributed by atoms with E-state index in [0.717, 1.165) is 39.0 Å². The number of benzene rings is 7. The summed E-state index contributed by atoms with van der Waals surface area (Å²) in [6, 6.07) is 58.5. The largest absolute Gasteiger partial charge is 0.309 e. The lowest BCUT2D eigenvalue weighted by Gasteiger charge is -2.22. The number of pyridine rings is 1.